The van der Waals surface area contributed by atoms with Crippen molar-refractivity contribution in [2.24, 2.45) is 0 Å². The van der Waals surface area contributed by atoms with Gasteiger partial charge in [-0.25, -0.2) is 0 Å². The summed E-state index contributed by atoms with van der Waals surface area (Å²) in [6.07, 6.45) is 0.607. The van der Waals surface area contributed by atoms with Crippen molar-refractivity contribution in [3.8, 4) is 0 Å². The highest BCUT2D eigenvalue weighted by molar-refractivity contribution is 6.57. The molecule has 5 heteroatoms. The number of alkyl halides is 1. The van der Waals surface area contributed by atoms with Gasteiger partial charge in [0.25, 0.3) is 0 Å². The van der Waals surface area contributed by atoms with Crippen LogP contribution < -0.4 is 0 Å². The zero-order valence-electron chi connectivity index (χ0n) is 8.61. The first-order chi connectivity index (χ1) is 7.07. The Kier molecular flexibility index (Phi) is 4.75. The van der Waals surface area contributed by atoms with E-state index in [4.69, 9.17) is 11.6 Å². The van der Waals surface area contributed by atoms with Gasteiger partial charge in [-0.1, -0.05) is 24.3 Å². The molecule has 3 nitrogen and oxygen atoms in total. The summed E-state index contributed by atoms with van der Waals surface area (Å²) in [5.41, 5.74) is 2.12. The molecular formula is C10H15ClO3Si. The molecule has 0 saturated heterocycles. The molecule has 84 valence electrons. The standard InChI is InChI=1S/C10H15ClO3Si/c1-14-15(12,13)7-6-9-2-4-10(8-11)5-3-9/h2-5,12-13H,6-8H2,1H3. The van der Waals surface area contributed by atoms with Crippen LogP contribution in [0.5, 0.6) is 0 Å². The highest BCUT2D eigenvalue weighted by Crippen LogP contribution is 2.12. The van der Waals surface area contributed by atoms with Gasteiger partial charge in [-0.3, -0.25) is 0 Å². The van der Waals surface area contributed by atoms with E-state index in [0.717, 1.165) is 11.1 Å². The molecule has 1 rings (SSSR count). The average molecular weight is 247 g/mol. The van der Waals surface area contributed by atoms with Crippen molar-refractivity contribution in [1.82, 2.24) is 0 Å². The first-order valence-electron chi connectivity index (χ1n) is 4.71. The lowest BCUT2D eigenvalue weighted by atomic mass is 10.1. The van der Waals surface area contributed by atoms with Crippen molar-refractivity contribution >= 4 is 20.4 Å². The summed E-state index contributed by atoms with van der Waals surface area (Å²) in [4.78, 5) is 18.7. The predicted octanol–water partition coefficient (Wildman–Crippen LogP) is 1.54. The van der Waals surface area contributed by atoms with Crippen molar-refractivity contribution in [2.75, 3.05) is 7.11 Å². The van der Waals surface area contributed by atoms with E-state index in [-0.39, 0.29) is 6.04 Å². The first kappa shape index (κ1) is 12.7. The average Bonchev–Trinajstić information content (AvgIpc) is 2.27. The second kappa shape index (κ2) is 5.63. The van der Waals surface area contributed by atoms with Crippen LogP contribution in [0.1, 0.15) is 11.1 Å². The number of aryl methyl sites for hydroxylation is 1. The van der Waals surface area contributed by atoms with Crippen molar-refractivity contribution < 1.29 is 14.0 Å². The molecule has 0 aliphatic rings. The Bertz CT molecular complexity index is 300. The summed E-state index contributed by atoms with van der Waals surface area (Å²) in [6, 6.07) is 8.04. The van der Waals surface area contributed by atoms with Crippen molar-refractivity contribution in [3.63, 3.8) is 0 Å². The third kappa shape index (κ3) is 4.32. The molecule has 0 bridgehead atoms. The summed E-state index contributed by atoms with van der Waals surface area (Å²) >= 11 is 5.66. The lowest BCUT2D eigenvalue weighted by Crippen LogP contribution is -2.37. The zero-order chi connectivity index (χ0) is 11.3. The molecule has 1 aromatic carbocycles. The number of hydrogen-bond acceptors (Lipinski definition) is 3. The van der Waals surface area contributed by atoms with E-state index in [9.17, 15) is 9.59 Å². The maximum atomic E-state index is 9.34. The van der Waals surface area contributed by atoms with Crippen LogP contribution in [0.25, 0.3) is 0 Å². The largest absolute Gasteiger partial charge is 0.495 e. The summed E-state index contributed by atoms with van der Waals surface area (Å²) in [6.45, 7) is 0. The van der Waals surface area contributed by atoms with E-state index in [2.05, 4.69) is 4.43 Å². The fourth-order valence-electron chi connectivity index (χ4n) is 1.20. The quantitative estimate of drug-likeness (QED) is 0.612. The summed E-state index contributed by atoms with van der Waals surface area (Å²) < 4.78 is 4.63. The van der Waals surface area contributed by atoms with Crippen LogP contribution in [0.3, 0.4) is 0 Å². The lowest BCUT2D eigenvalue weighted by molar-refractivity contribution is 0.185. The number of rotatable bonds is 5. The van der Waals surface area contributed by atoms with Crippen LogP contribution in [0, 0.1) is 0 Å². The Morgan fingerprint density at radius 3 is 2.20 bits per heavy atom. The topological polar surface area (TPSA) is 49.7 Å². The summed E-state index contributed by atoms with van der Waals surface area (Å²) in [5, 5.41) is 0. The maximum absolute atomic E-state index is 9.34. The fraction of sp³-hybridized carbons (Fsp3) is 0.400. The van der Waals surface area contributed by atoms with Gasteiger partial charge in [-0.2, -0.15) is 0 Å². The molecule has 0 atom stereocenters. The minimum atomic E-state index is -3.41. The van der Waals surface area contributed by atoms with Crippen LogP contribution in [0.2, 0.25) is 6.04 Å². The van der Waals surface area contributed by atoms with Gasteiger partial charge in [0, 0.05) is 19.0 Å². The number of benzene rings is 1. The Morgan fingerprint density at radius 1 is 1.20 bits per heavy atom. The van der Waals surface area contributed by atoms with E-state index >= 15 is 0 Å². The Hall–Kier alpha value is -0.393. The molecule has 2 N–H and O–H groups in total. The lowest BCUT2D eigenvalue weighted by Gasteiger charge is -2.14. The van der Waals surface area contributed by atoms with Crippen molar-refractivity contribution in [1.29, 1.82) is 0 Å². The van der Waals surface area contributed by atoms with Gasteiger partial charge in [0.15, 0.2) is 0 Å². The maximum Gasteiger partial charge on any atom is 0.495 e. The number of hydrogen-bond donors (Lipinski definition) is 2. The van der Waals surface area contributed by atoms with Crippen molar-refractivity contribution in [3.05, 3.63) is 35.4 Å². The van der Waals surface area contributed by atoms with E-state index in [1.54, 1.807) is 0 Å². The van der Waals surface area contributed by atoms with Crippen LogP contribution in [-0.2, 0) is 16.7 Å². The van der Waals surface area contributed by atoms with Crippen LogP contribution in [0.15, 0.2) is 24.3 Å². The molecule has 1 aromatic rings. The smallest absolute Gasteiger partial charge is 0.390 e. The zero-order valence-corrected chi connectivity index (χ0v) is 10.4. The van der Waals surface area contributed by atoms with Gasteiger partial charge in [-0.15, -0.1) is 11.6 Å². The first-order valence-corrected chi connectivity index (χ1v) is 7.25. The van der Waals surface area contributed by atoms with Gasteiger partial charge < -0.3 is 14.0 Å². The molecule has 0 radical (unpaired) electrons. The fourth-order valence-corrected chi connectivity index (χ4v) is 2.20. The monoisotopic (exact) mass is 246 g/mol. The van der Waals surface area contributed by atoms with E-state index < -0.39 is 8.80 Å². The van der Waals surface area contributed by atoms with Gasteiger partial charge in [0.05, 0.1) is 0 Å². The van der Waals surface area contributed by atoms with E-state index in [1.807, 2.05) is 24.3 Å². The predicted molar refractivity (Wildman–Crippen MR) is 61.7 cm³/mol. The van der Waals surface area contributed by atoms with Crippen LogP contribution >= 0.6 is 11.6 Å². The molecule has 0 unspecified atom stereocenters. The van der Waals surface area contributed by atoms with E-state index in [0.29, 0.717) is 12.3 Å². The minimum absolute atomic E-state index is 0.281. The van der Waals surface area contributed by atoms with Gasteiger partial charge in [0.2, 0.25) is 0 Å². The SMILES string of the molecule is CO[Si](O)(O)CCc1ccc(CCl)cc1. The Balaban J connectivity index is 2.51. The minimum Gasteiger partial charge on any atom is -0.390 e. The summed E-state index contributed by atoms with van der Waals surface area (Å²) in [5.74, 6) is 0.497. The highest BCUT2D eigenvalue weighted by Gasteiger charge is 2.29. The normalized spacial score (nSPS) is 11.7. The van der Waals surface area contributed by atoms with Crippen LogP contribution in [-0.4, -0.2) is 25.5 Å². The molecule has 0 aromatic heterocycles. The van der Waals surface area contributed by atoms with Gasteiger partial charge in [-0.05, 0) is 17.5 Å². The molecule has 0 aliphatic heterocycles. The third-order valence-corrected chi connectivity index (χ3v) is 4.11. The highest BCUT2D eigenvalue weighted by atomic mass is 35.5. The molecule has 0 aliphatic carbocycles. The Labute approximate surface area is 95.6 Å². The second-order valence-electron chi connectivity index (χ2n) is 3.40. The molecule has 0 fully saturated rings. The molecule has 0 spiro atoms. The third-order valence-electron chi connectivity index (χ3n) is 2.24. The molecule has 0 amide bonds. The second-order valence-corrected chi connectivity index (χ2v) is 6.06. The summed E-state index contributed by atoms with van der Waals surface area (Å²) in [7, 11) is -2.09. The van der Waals surface area contributed by atoms with Crippen LogP contribution in [0.4, 0.5) is 0 Å². The van der Waals surface area contributed by atoms with Gasteiger partial charge in [0.1, 0.15) is 0 Å². The Morgan fingerprint density at radius 2 is 1.73 bits per heavy atom. The van der Waals surface area contributed by atoms with Gasteiger partial charge >= 0.3 is 8.80 Å². The molecule has 0 heterocycles. The molecular weight excluding hydrogens is 232 g/mol. The van der Waals surface area contributed by atoms with Crippen molar-refractivity contribution in [2.45, 2.75) is 18.3 Å². The van der Waals surface area contributed by atoms with E-state index in [1.165, 1.54) is 7.11 Å². The molecule has 0 saturated carbocycles. The molecule has 15 heavy (non-hydrogen) atoms. The number of halogens is 1.